The van der Waals surface area contributed by atoms with Crippen LogP contribution in [0, 0.1) is 11.6 Å². The maximum Gasteiger partial charge on any atom is 0.285 e. The van der Waals surface area contributed by atoms with E-state index in [-0.39, 0.29) is 28.6 Å². The first-order valence-corrected chi connectivity index (χ1v) is 11.8. The standard InChI is InChI=1S/C25H27F2N3O2S/c1-25(2,3)30-24(32)21(22(33-30)16-7-5-4-6-8-16)28-18-11-13-29(14-12-18)23(31)17-9-10-19(26)20(27)15-17/h4-10,15,18,28H,11-14H2,1-3H3. The number of amides is 1. The molecule has 3 aromatic rings. The van der Waals surface area contributed by atoms with Crippen LogP contribution in [0.25, 0.3) is 10.4 Å². The highest BCUT2D eigenvalue weighted by Gasteiger charge is 2.28. The van der Waals surface area contributed by atoms with Crippen LogP contribution in [0.4, 0.5) is 14.5 Å². The molecular weight excluding hydrogens is 444 g/mol. The summed E-state index contributed by atoms with van der Waals surface area (Å²) in [5.74, 6) is -2.32. The van der Waals surface area contributed by atoms with Crippen molar-refractivity contribution in [2.24, 2.45) is 0 Å². The van der Waals surface area contributed by atoms with Gasteiger partial charge in [0.1, 0.15) is 5.69 Å². The number of halogens is 2. The van der Waals surface area contributed by atoms with Gasteiger partial charge >= 0.3 is 0 Å². The van der Waals surface area contributed by atoms with E-state index < -0.39 is 11.6 Å². The third kappa shape index (κ3) is 4.85. The van der Waals surface area contributed by atoms with Crippen molar-refractivity contribution in [2.75, 3.05) is 18.4 Å². The van der Waals surface area contributed by atoms with E-state index in [2.05, 4.69) is 5.32 Å². The molecule has 174 valence electrons. The number of aromatic nitrogens is 1. The maximum absolute atomic E-state index is 13.5. The largest absolute Gasteiger partial charge is 0.376 e. The molecule has 1 amide bonds. The van der Waals surface area contributed by atoms with Crippen molar-refractivity contribution in [1.82, 2.24) is 8.86 Å². The van der Waals surface area contributed by atoms with Gasteiger partial charge in [-0.25, -0.2) is 8.78 Å². The molecule has 2 aromatic carbocycles. The van der Waals surface area contributed by atoms with Crippen LogP contribution in [0.2, 0.25) is 0 Å². The Labute approximate surface area is 195 Å². The number of hydrogen-bond acceptors (Lipinski definition) is 4. The molecule has 5 nitrogen and oxygen atoms in total. The lowest BCUT2D eigenvalue weighted by atomic mass is 10.0. The van der Waals surface area contributed by atoms with E-state index in [1.165, 1.54) is 17.6 Å². The first-order chi connectivity index (χ1) is 15.6. The maximum atomic E-state index is 13.5. The van der Waals surface area contributed by atoms with Crippen molar-refractivity contribution >= 4 is 23.1 Å². The molecule has 33 heavy (non-hydrogen) atoms. The Hall–Kier alpha value is -3.00. The summed E-state index contributed by atoms with van der Waals surface area (Å²) in [5, 5.41) is 3.45. The number of likely N-dealkylation sites (tertiary alicyclic amines) is 1. The molecule has 1 fully saturated rings. The van der Waals surface area contributed by atoms with Crippen LogP contribution >= 0.6 is 11.5 Å². The number of carbonyl (C=O) groups excluding carboxylic acids is 1. The molecule has 2 heterocycles. The fraction of sp³-hybridized carbons (Fsp3) is 0.360. The van der Waals surface area contributed by atoms with Gasteiger partial charge in [0.15, 0.2) is 11.6 Å². The molecule has 0 saturated carbocycles. The highest BCUT2D eigenvalue weighted by Crippen LogP contribution is 2.34. The second-order valence-electron chi connectivity index (χ2n) is 9.27. The lowest BCUT2D eigenvalue weighted by Gasteiger charge is -2.32. The molecule has 1 aromatic heterocycles. The number of rotatable bonds is 4. The summed E-state index contributed by atoms with van der Waals surface area (Å²) < 4.78 is 28.5. The topological polar surface area (TPSA) is 54.3 Å². The summed E-state index contributed by atoms with van der Waals surface area (Å²) in [7, 11) is 0. The molecule has 0 bridgehead atoms. The van der Waals surface area contributed by atoms with Crippen LogP contribution in [0.15, 0.2) is 53.3 Å². The van der Waals surface area contributed by atoms with Crippen LogP contribution in [0.1, 0.15) is 44.0 Å². The molecule has 4 rings (SSSR count). The molecule has 0 spiro atoms. The number of nitrogens with one attached hydrogen (secondary N) is 1. The summed E-state index contributed by atoms with van der Waals surface area (Å²) >= 11 is 1.45. The number of nitrogens with zero attached hydrogens (tertiary/aromatic N) is 2. The summed E-state index contributed by atoms with van der Waals surface area (Å²) in [5.41, 5.74) is 1.32. The van der Waals surface area contributed by atoms with Crippen molar-refractivity contribution in [3.8, 4) is 10.4 Å². The van der Waals surface area contributed by atoms with Crippen LogP contribution in [0.5, 0.6) is 0 Å². The highest BCUT2D eigenvalue weighted by atomic mass is 32.1. The van der Waals surface area contributed by atoms with Gasteiger partial charge in [0.2, 0.25) is 0 Å². The molecule has 1 aliphatic rings. The van der Waals surface area contributed by atoms with Gasteiger partial charge in [0, 0.05) is 24.7 Å². The zero-order valence-electron chi connectivity index (χ0n) is 18.9. The molecule has 0 aliphatic carbocycles. The van der Waals surface area contributed by atoms with Gasteiger partial charge in [-0.15, -0.1) is 0 Å². The van der Waals surface area contributed by atoms with Gasteiger partial charge < -0.3 is 10.2 Å². The third-order valence-corrected chi connectivity index (χ3v) is 7.27. The van der Waals surface area contributed by atoms with Gasteiger partial charge in [-0.3, -0.25) is 13.5 Å². The van der Waals surface area contributed by atoms with E-state index in [1.807, 2.05) is 51.1 Å². The smallest absolute Gasteiger partial charge is 0.285 e. The molecule has 8 heteroatoms. The van der Waals surface area contributed by atoms with Crippen LogP contribution in [-0.4, -0.2) is 33.9 Å². The average Bonchev–Trinajstić information content (AvgIpc) is 3.13. The van der Waals surface area contributed by atoms with E-state index in [1.54, 1.807) is 8.86 Å². The van der Waals surface area contributed by atoms with E-state index in [4.69, 9.17) is 0 Å². The lowest BCUT2D eigenvalue weighted by Crippen LogP contribution is -2.43. The summed E-state index contributed by atoms with van der Waals surface area (Å²) in [6, 6.07) is 13.1. The Morgan fingerprint density at radius 2 is 1.70 bits per heavy atom. The van der Waals surface area contributed by atoms with Crippen molar-refractivity contribution in [3.05, 3.63) is 76.1 Å². The first-order valence-electron chi connectivity index (χ1n) is 11.0. The Morgan fingerprint density at radius 1 is 1.03 bits per heavy atom. The van der Waals surface area contributed by atoms with Crippen LogP contribution < -0.4 is 10.9 Å². The van der Waals surface area contributed by atoms with Crippen molar-refractivity contribution in [1.29, 1.82) is 0 Å². The second kappa shape index (κ2) is 9.09. The number of carbonyl (C=O) groups is 1. The third-order valence-electron chi connectivity index (χ3n) is 5.75. The van der Waals surface area contributed by atoms with Crippen molar-refractivity contribution < 1.29 is 13.6 Å². The fourth-order valence-corrected chi connectivity index (χ4v) is 5.08. The average molecular weight is 472 g/mol. The lowest BCUT2D eigenvalue weighted by molar-refractivity contribution is 0.0718. The van der Waals surface area contributed by atoms with E-state index in [0.29, 0.717) is 31.6 Å². The van der Waals surface area contributed by atoms with Gasteiger partial charge in [-0.1, -0.05) is 41.9 Å². The minimum absolute atomic E-state index is 0.0252. The van der Waals surface area contributed by atoms with E-state index in [0.717, 1.165) is 22.6 Å². The summed E-state index contributed by atoms with van der Waals surface area (Å²) in [4.78, 5) is 28.5. The van der Waals surface area contributed by atoms with Crippen LogP contribution in [0.3, 0.4) is 0 Å². The molecular formula is C25H27F2N3O2S. The van der Waals surface area contributed by atoms with E-state index >= 15 is 0 Å². The van der Waals surface area contributed by atoms with Gasteiger partial charge in [0.05, 0.1) is 10.4 Å². The van der Waals surface area contributed by atoms with Gasteiger partial charge in [-0.05, 0) is 57.4 Å². The number of piperidine rings is 1. The Balaban J connectivity index is 1.51. The Bertz CT molecular complexity index is 1210. The Kier molecular flexibility index (Phi) is 6.38. The predicted molar refractivity (Wildman–Crippen MR) is 128 cm³/mol. The fourth-order valence-electron chi connectivity index (χ4n) is 3.98. The second-order valence-corrected chi connectivity index (χ2v) is 10.2. The minimum Gasteiger partial charge on any atom is -0.376 e. The monoisotopic (exact) mass is 471 g/mol. The van der Waals surface area contributed by atoms with Gasteiger partial charge in [-0.2, -0.15) is 0 Å². The quantitative estimate of drug-likeness (QED) is 0.560. The zero-order valence-corrected chi connectivity index (χ0v) is 19.7. The SMILES string of the molecule is CC(C)(C)n1sc(-c2ccccc2)c(NC2CCN(C(=O)c3ccc(F)c(F)c3)CC2)c1=O. The number of benzene rings is 2. The summed E-state index contributed by atoms with van der Waals surface area (Å²) in [6.45, 7) is 6.95. The zero-order chi connectivity index (χ0) is 23.8. The van der Waals surface area contributed by atoms with Gasteiger partial charge in [0.25, 0.3) is 11.5 Å². The van der Waals surface area contributed by atoms with Crippen LogP contribution in [-0.2, 0) is 5.54 Å². The molecule has 1 saturated heterocycles. The van der Waals surface area contributed by atoms with Crippen molar-refractivity contribution in [3.63, 3.8) is 0 Å². The number of hydrogen-bond donors (Lipinski definition) is 1. The van der Waals surface area contributed by atoms with E-state index in [9.17, 15) is 18.4 Å². The first kappa shape index (κ1) is 23.2. The van der Waals surface area contributed by atoms with Crippen molar-refractivity contribution in [2.45, 2.75) is 45.2 Å². The molecule has 0 radical (unpaired) electrons. The highest BCUT2D eigenvalue weighted by molar-refractivity contribution is 7.11. The molecule has 1 N–H and O–H groups in total. The molecule has 1 aliphatic heterocycles. The minimum atomic E-state index is -1.03. The molecule has 0 atom stereocenters. The normalized spacial score (nSPS) is 15.0. The summed E-state index contributed by atoms with van der Waals surface area (Å²) in [6.07, 6.45) is 1.29. The Morgan fingerprint density at radius 3 is 2.30 bits per heavy atom. The predicted octanol–water partition coefficient (Wildman–Crippen LogP) is 5.33. The number of anilines is 1. The molecule has 0 unspecified atom stereocenters.